The average Bonchev–Trinajstić information content (AvgIpc) is 3.11. The lowest BCUT2D eigenvalue weighted by atomic mass is 10.1. The van der Waals surface area contributed by atoms with Gasteiger partial charge in [-0.2, -0.15) is 4.72 Å². The number of amides is 2. The number of likely N-dealkylation sites (tertiary alicyclic amines) is 1. The molecule has 0 bridgehead atoms. The highest BCUT2D eigenvalue weighted by Gasteiger charge is 2.33. The molecule has 3 rings (SSSR count). The number of hydrogen-bond acceptors (Lipinski definition) is 7. The fourth-order valence-electron chi connectivity index (χ4n) is 4.34. The smallest absolute Gasteiger partial charge is 0.246 e. The van der Waals surface area contributed by atoms with Crippen molar-refractivity contribution >= 4 is 21.8 Å². The van der Waals surface area contributed by atoms with Gasteiger partial charge in [0.2, 0.25) is 21.8 Å². The van der Waals surface area contributed by atoms with Crippen LogP contribution in [0.2, 0.25) is 0 Å². The summed E-state index contributed by atoms with van der Waals surface area (Å²) < 4.78 is 32.7. The van der Waals surface area contributed by atoms with E-state index in [1.807, 2.05) is 11.8 Å². The SMILES string of the molecule is Cc1noc(C)c1S(=O)(=O)N[C@@H](C)C(=O)N1CCN(C(C)C(=O)N2CCCCC2)CC1. The molecule has 11 heteroatoms. The van der Waals surface area contributed by atoms with E-state index in [1.165, 1.54) is 20.3 Å². The van der Waals surface area contributed by atoms with Crippen molar-refractivity contribution in [2.24, 2.45) is 0 Å². The summed E-state index contributed by atoms with van der Waals surface area (Å²) in [6.07, 6.45) is 3.29. The van der Waals surface area contributed by atoms with Crippen LogP contribution in [-0.4, -0.2) is 91.4 Å². The standard InChI is InChI=1S/C20H33N5O5S/c1-14-18(17(4)30-21-14)31(28,29)22-15(2)19(26)25-12-10-23(11-13-25)16(3)20(27)24-8-6-5-7-9-24/h15-16,22H,5-13H2,1-4H3/t15-,16?/m0/s1. The molecule has 10 nitrogen and oxygen atoms in total. The van der Waals surface area contributed by atoms with Crippen LogP contribution < -0.4 is 4.72 Å². The van der Waals surface area contributed by atoms with Crippen molar-refractivity contribution in [2.75, 3.05) is 39.3 Å². The summed E-state index contributed by atoms with van der Waals surface area (Å²) in [4.78, 5) is 31.3. The van der Waals surface area contributed by atoms with E-state index in [4.69, 9.17) is 4.52 Å². The number of aryl methyl sites for hydroxylation is 2. The molecule has 2 fully saturated rings. The van der Waals surface area contributed by atoms with Gasteiger partial charge in [-0.15, -0.1) is 0 Å². The average molecular weight is 456 g/mol. The molecule has 0 aliphatic carbocycles. The first kappa shape index (κ1) is 23.7. The maximum Gasteiger partial charge on any atom is 0.246 e. The summed E-state index contributed by atoms with van der Waals surface area (Å²) in [5.74, 6) is 0.0516. The first-order valence-electron chi connectivity index (χ1n) is 10.9. The van der Waals surface area contributed by atoms with Crippen molar-refractivity contribution in [1.29, 1.82) is 0 Å². The molecule has 0 aromatic carbocycles. The van der Waals surface area contributed by atoms with Gasteiger partial charge in [0.25, 0.3) is 0 Å². The highest BCUT2D eigenvalue weighted by molar-refractivity contribution is 7.89. The van der Waals surface area contributed by atoms with Gasteiger partial charge >= 0.3 is 0 Å². The van der Waals surface area contributed by atoms with Gasteiger partial charge < -0.3 is 14.3 Å². The molecule has 174 valence electrons. The Hall–Kier alpha value is -1.98. The monoisotopic (exact) mass is 455 g/mol. The molecule has 1 aromatic heterocycles. The second-order valence-electron chi connectivity index (χ2n) is 8.42. The number of nitrogens with zero attached hydrogens (tertiary/aromatic N) is 4. The first-order valence-corrected chi connectivity index (χ1v) is 12.4. The van der Waals surface area contributed by atoms with Gasteiger partial charge in [0.15, 0.2) is 5.76 Å². The van der Waals surface area contributed by atoms with Crippen LogP contribution in [0.15, 0.2) is 9.42 Å². The number of piperazine rings is 1. The second-order valence-corrected chi connectivity index (χ2v) is 10.1. The van der Waals surface area contributed by atoms with Crippen LogP contribution >= 0.6 is 0 Å². The zero-order valence-corrected chi connectivity index (χ0v) is 19.6. The number of nitrogens with one attached hydrogen (secondary N) is 1. The quantitative estimate of drug-likeness (QED) is 0.664. The van der Waals surface area contributed by atoms with Crippen LogP contribution in [0.1, 0.15) is 44.6 Å². The molecule has 0 radical (unpaired) electrons. The summed E-state index contributed by atoms with van der Waals surface area (Å²) in [6, 6.07) is -1.14. The molecule has 1 unspecified atom stereocenters. The lowest BCUT2D eigenvalue weighted by Crippen LogP contribution is -2.58. The molecule has 2 saturated heterocycles. The predicted molar refractivity (Wildman–Crippen MR) is 114 cm³/mol. The van der Waals surface area contributed by atoms with E-state index in [9.17, 15) is 18.0 Å². The zero-order chi connectivity index (χ0) is 22.8. The van der Waals surface area contributed by atoms with E-state index < -0.39 is 16.1 Å². The van der Waals surface area contributed by atoms with Gasteiger partial charge in [-0.1, -0.05) is 5.16 Å². The van der Waals surface area contributed by atoms with Crippen molar-refractivity contribution in [3.05, 3.63) is 11.5 Å². The third-order valence-electron chi connectivity index (χ3n) is 6.14. The van der Waals surface area contributed by atoms with Gasteiger partial charge in [-0.3, -0.25) is 14.5 Å². The van der Waals surface area contributed by atoms with E-state index in [0.717, 1.165) is 25.9 Å². The van der Waals surface area contributed by atoms with Crippen LogP contribution in [0.25, 0.3) is 0 Å². The fourth-order valence-corrected chi connectivity index (χ4v) is 5.86. The van der Waals surface area contributed by atoms with Gasteiger partial charge in [-0.05, 0) is 47.0 Å². The van der Waals surface area contributed by atoms with E-state index >= 15 is 0 Å². The Bertz CT molecular complexity index is 882. The van der Waals surface area contributed by atoms with Crippen molar-refractivity contribution in [3.63, 3.8) is 0 Å². The Morgan fingerprint density at radius 3 is 2.06 bits per heavy atom. The molecule has 0 saturated carbocycles. The van der Waals surface area contributed by atoms with E-state index in [1.54, 1.807) is 11.8 Å². The third kappa shape index (κ3) is 5.27. The van der Waals surface area contributed by atoms with Gasteiger partial charge in [0.05, 0.1) is 12.1 Å². The summed E-state index contributed by atoms with van der Waals surface area (Å²) in [5, 5.41) is 3.67. The first-order chi connectivity index (χ1) is 14.6. The topological polar surface area (TPSA) is 116 Å². The Labute approximate surface area is 184 Å². The molecule has 2 aliphatic heterocycles. The molecule has 2 aliphatic rings. The highest BCUT2D eigenvalue weighted by atomic mass is 32.2. The van der Waals surface area contributed by atoms with E-state index in [-0.39, 0.29) is 34.2 Å². The number of aromatic nitrogens is 1. The molecule has 1 aromatic rings. The molecule has 2 amide bonds. The summed E-state index contributed by atoms with van der Waals surface area (Å²) in [7, 11) is -3.92. The second kappa shape index (κ2) is 9.66. The van der Waals surface area contributed by atoms with Crippen molar-refractivity contribution in [2.45, 2.75) is 63.9 Å². The normalized spacial score (nSPS) is 20.5. The van der Waals surface area contributed by atoms with Crippen LogP contribution in [-0.2, 0) is 19.6 Å². The molecular formula is C20H33N5O5S. The Morgan fingerprint density at radius 1 is 0.935 bits per heavy atom. The molecule has 1 N–H and O–H groups in total. The van der Waals surface area contributed by atoms with Gasteiger partial charge in [0, 0.05) is 39.3 Å². The highest BCUT2D eigenvalue weighted by Crippen LogP contribution is 2.19. The number of rotatable bonds is 6. The van der Waals surface area contributed by atoms with E-state index in [0.29, 0.717) is 26.2 Å². The number of carbonyl (C=O) groups is 2. The Morgan fingerprint density at radius 2 is 1.52 bits per heavy atom. The summed E-state index contributed by atoms with van der Waals surface area (Å²) in [6.45, 7) is 10.2. The maximum atomic E-state index is 12.8. The van der Waals surface area contributed by atoms with Crippen molar-refractivity contribution in [1.82, 2.24) is 24.6 Å². The van der Waals surface area contributed by atoms with Crippen LogP contribution in [0.3, 0.4) is 0 Å². The number of piperidine rings is 1. The zero-order valence-electron chi connectivity index (χ0n) is 18.8. The largest absolute Gasteiger partial charge is 0.360 e. The minimum absolute atomic E-state index is 0.0259. The van der Waals surface area contributed by atoms with Gasteiger partial charge in [0.1, 0.15) is 10.6 Å². The number of carbonyl (C=O) groups excluding carboxylic acids is 2. The van der Waals surface area contributed by atoms with Crippen molar-refractivity contribution < 1.29 is 22.5 Å². The Balaban J connectivity index is 1.54. The van der Waals surface area contributed by atoms with Crippen molar-refractivity contribution in [3.8, 4) is 0 Å². The fraction of sp³-hybridized carbons (Fsp3) is 0.750. The molecule has 0 spiro atoms. The maximum absolute atomic E-state index is 12.8. The minimum atomic E-state index is -3.92. The molecule has 31 heavy (non-hydrogen) atoms. The lowest BCUT2D eigenvalue weighted by molar-refractivity contribution is -0.139. The van der Waals surface area contributed by atoms with Crippen LogP contribution in [0.4, 0.5) is 0 Å². The summed E-state index contributed by atoms with van der Waals surface area (Å²) >= 11 is 0. The molecule has 2 atom stereocenters. The van der Waals surface area contributed by atoms with Gasteiger partial charge in [-0.25, -0.2) is 8.42 Å². The summed E-state index contributed by atoms with van der Waals surface area (Å²) in [5.41, 5.74) is 0.255. The number of hydrogen-bond donors (Lipinski definition) is 1. The Kier molecular flexibility index (Phi) is 7.38. The van der Waals surface area contributed by atoms with Crippen LogP contribution in [0, 0.1) is 13.8 Å². The van der Waals surface area contributed by atoms with Crippen LogP contribution in [0.5, 0.6) is 0 Å². The molecular weight excluding hydrogens is 422 g/mol. The number of sulfonamides is 1. The predicted octanol–water partition coefficient (Wildman–Crippen LogP) is 0.503. The minimum Gasteiger partial charge on any atom is -0.360 e. The van der Waals surface area contributed by atoms with E-state index in [2.05, 4.69) is 14.8 Å². The molecule has 3 heterocycles. The third-order valence-corrected chi connectivity index (χ3v) is 7.92. The lowest BCUT2D eigenvalue weighted by Gasteiger charge is -2.40.